The quantitative estimate of drug-likeness (QED) is 0.569. The Balaban J connectivity index is 2.20. The summed E-state index contributed by atoms with van der Waals surface area (Å²) in [6, 6.07) is 5.33. The minimum atomic E-state index is -4.23. The van der Waals surface area contributed by atoms with Crippen molar-refractivity contribution in [2.45, 2.75) is 43.0 Å². The molecule has 0 saturated heterocycles. The van der Waals surface area contributed by atoms with Crippen molar-refractivity contribution in [3.63, 3.8) is 0 Å². The first kappa shape index (κ1) is 14.5. The van der Waals surface area contributed by atoms with Crippen LogP contribution in [0.25, 0.3) is 6.08 Å². The first-order valence-electron chi connectivity index (χ1n) is 6.82. The summed E-state index contributed by atoms with van der Waals surface area (Å²) in [5.41, 5.74) is -2.41. The smallest absolute Gasteiger partial charge is 0.160 e. The average Bonchev–Trinajstić information content (AvgIpc) is 2.62. The SMILES string of the molecule is CCc1cccc2c1C=C(C1CCC1)S2(Br)C(F)(F)F. The van der Waals surface area contributed by atoms with Crippen molar-refractivity contribution in [1.82, 2.24) is 0 Å². The van der Waals surface area contributed by atoms with Crippen molar-refractivity contribution in [3.8, 4) is 0 Å². The molecule has 0 radical (unpaired) electrons. The van der Waals surface area contributed by atoms with E-state index in [1.54, 1.807) is 12.1 Å². The van der Waals surface area contributed by atoms with Crippen LogP contribution in [0.2, 0.25) is 0 Å². The van der Waals surface area contributed by atoms with E-state index in [0.717, 1.165) is 36.8 Å². The molecule has 3 rings (SSSR count). The molecule has 110 valence electrons. The fourth-order valence-electron chi connectivity index (χ4n) is 2.96. The third-order valence-corrected chi connectivity index (χ3v) is 10.2. The van der Waals surface area contributed by atoms with Crippen LogP contribution in [0, 0.1) is 5.92 Å². The molecule has 1 aliphatic carbocycles. The van der Waals surface area contributed by atoms with Gasteiger partial charge in [0.1, 0.15) is 0 Å². The Bertz CT molecular complexity index is 575. The van der Waals surface area contributed by atoms with Gasteiger partial charge in [-0.2, -0.15) is 13.2 Å². The number of hydrogen-bond acceptors (Lipinski definition) is 0. The summed E-state index contributed by atoms with van der Waals surface area (Å²) in [7, 11) is -3.04. The van der Waals surface area contributed by atoms with Crippen LogP contribution in [0.1, 0.15) is 37.3 Å². The number of rotatable bonds is 2. The van der Waals surface area contributed by atoms with Crippen LogP contribution in [0.4, 0.5) is 13.2 Å². The van der Waals surface area contributed by atoms with Crippen LogP contribution >= 0.6 is 23.3 Å². The molecule has 20 heavy (non-hydrogen) atoms. The molecule has 2 aliphatic rings. The number of aryl methyl sites for hydroxylation is 1. The van der Waals surface area contributed by atoms with Crippen LogP contribution in [-0.2, 0) is 6.42 Å². The van der Waals surface area contributed by atoms with Crippen LogP contribution in [0.15, 0.2) is 28.0 Å². The predicted octanol–water partition coefficient (Wildman–Crippen LogP) is 6.40. The van der Waals surface area contributed by atoms with Gasteiger partial charge >= 0.3 is 5.51 Å². The van der Waals surface area contributed by atoms with Crippen molar-refractivity contribution < 1.29 is 13.2 Å². The lowest BCUT2D eigenvalue weighted by molar-refractivity contribution is -0.0358. The van der Waals surface area contributed by atoms with Crippen LogP contribution in [0.5, 0.6) is 0 Å². The maximum atomic E-state index is 13.8. The third-order valence-electron chi connectivity index (χ3n) is 4.28. The molecule has 0 amide bonds. The summed E-state index contributed by atoms with van der Waals surface area (Å²) in [6.45, 7) is 1.99. The number of fused-ring (bicyclic) bond motifs is 1. The Morgan fingerprint density at radius 1 is 1.30 bits per heavy atom. The molecule has 0 N–H and O–H groups in total. The summed E-state index contributed by atoms with van der Waals surface area (Å²) in [6.07, 6.45) is 5.41. The van der Waals surface area contributed by atoms with E-state index >= 15 is 0 Å². The standard InChI is InChI=1S/C15H16BrF3S/c1-2-10-5-4-8-13-12(10)9-14(11-6-3-7-11)20(13,16)15(17,18)19/h4-5,8-9,11H,2-3,6-7H2,1H3. The van der Waals surface area contributed by atoms with Gasteiger partial charge in [0.15, 0.2) is 0 Å². The Hall–Kier alpha value is -0.420. The first-order chi connectivity index (χ1) is 9.39. The monoisotopic (exact) mass is 364 g/mol. The van der Waals surface area contributed by atoms with Crippen molar-refractivity contribution in [2.75, 3.05) is 0 Å². The summed E-state index contributed by atoms with van der Waals surface area (Å²) in [5.74, 6) is 0.100. The molecule has 1 aromatic rings. The van der Waals surface area contributed by atoms with E-state index in [2.05, 4.69) is 14.8 Å². The van der Waals surface area contributed by atoms with E-state index in [0.29, 0.717) is 9.80 Å². The minimum Gasteiger partial charge on any atom is -0.160 e. The molecule has 0 spiro atoms. The molecule has 1 atom stereocenters. The van der Waals surface area contributed by atoms with Gasteiger partial charge < -0.3 is 0 Å². The van der Waals surface area contributed by atoms with E-state index in [4.69, 9.17) is 0 Å². The Kier molecular flexibility index (Phi) is 3.49. The molecule has 0 aromatic heterocycles. The zero-order valence-electron chi connectivity index (χ0n) is 11.1. The van der Waals surface area contributed by atoms with Gasteiger partial charge in [0.2, 0.25) is 0 Å². The van der Waals surface area contributed by atoms with Gasteiger partial charge in [-0.1, -0.05) is 25.5 Å². The molecule has 1 aromatic carbocycles. The fraction of sp³-hybridized carbons (Fsp3) is 0.467. The second kappa shape index (κ2) is 4.80. The highest BCUT2D eigenvalue weighted by molar-refractivity contribution is 9.59. The highest BCUT2D eigenvalue weighted by atomic mass is 79.9. The zero-order valence-corrected chi connectivity index (χ0v) is 13.5. The minimum absolute atomic E-state index is 0.100. The molecule has 0 bridgehead atoms. The van der Waals surface area contributed by atoms with Gasteiger partial charge in [-0.05, 0) is 76.6 Å². The lowest BCUT2D eigenvalue weighted by Gasteiger charge is -2.41. The van der Waals surface area contributed by atoms with Crippen molar-refractivity contribution in [3.05, 3.63) is 34.2 Å². The summed E-state index contributed by atoms with van der Waals surface area (Å²) >= 11 is 3.16. The molecule has 5 heteroatoms. The first-order valence-corrected chi connectivity index (χ1v) is 10.3. The number of halogens is 4. The highest BCUT2D eigenvalue weighted by Crippen LogP contribution is 2.83. The van der Waals surface area contributed by atoms with Crippen LogP contribution in [0.3, 0.4) is 0 Å². The maximum absolute atomic E-state index is 13.8. The molecule has 0 nitrogen and oxygen atoms in total. The molecule has 1 unspecified atom stereocenters. The third kappa shape index (κ3) is 1.89. The Labute approximate surface area is 126 Å². The summed E-state index contributed by atoms with van der Waals surface area (Å²) in [5, 5.41) is 0. The summed E-state index contributed by atoms with van der Waals surface area (Å²) < 4.78 is 41.3. The van der Waals surface area contributed by atoms with Crippen LogP contribution in [-0.4, -0.2) is 5.51 Å². The maximum Gasteiger partial charge on any atom is 0.442 e. The number of hydrogen-bond donors (Lipinski definition) is 0. The molecule has 1 saturated carbocycles. The fourth-order valence-corrected chi connectivity index (χ4v) is 7.38. The summed E-state index contributed by atoms with van der Waals surface area (Å²) in [4.78, 5) is 1.04. The Morgan fingerprint density at radius 3 is 2.50 bits per heavy atom. The van der Waals surface area contributed by atoms with E-state index < -0.39 is 14.0 Å². The molecule has 1 aliphatic heterocycles. The lowest BCUT2D eigenvalue weighted by Crippen LogP contribution is -2.22. The Morgan fingerprint density at radius 2 is 2.00 bits per heavy atom. The second-order valence-electron chi connectivity index (χ2n) is 5.34. The number of alkyl halides is 3. The number of benzene rings is 1. The topological polar surface area (TPSA) is 0 Å². The van der Waals surface area contributed by atoms with E-state index in [-0.39, 0.29) is 5.92 Å². The van der Waals surface area contributed by atoms with Gasteiger partial charge in [-0.3, -0.25) is 0 Å². The number of allylic oxidation sites excluding steroid dienone is 1. The molecule has 1 heterocycles. The van der Waals surface area contributed by atoms with Gasteiger partial charge in [0.25, 0.3) is 0 Å². The van der Waals surface area contributed by atoms with Gasteiger partial charge in [-0.15, -0.1) is 0 Å². The second-order valence-corrected chi connectivity index (χ2v) is 10.7. The average molecular weight is 365 g/mol. The molecular weight excluding hydrogens is 349 g/mol. The van der Waals surface area contributed by atoms with E-state index in [1.807, 2.05) is 19.1 Å². The van der Waals surface area contributed by atoms with Crippen molar-refractivity contribution >= 4 is 29.4 Å². The molecular formula is C15H16BrF3S. The van der Waals surface area contributed by atoms with Crippen molar-refractivity contribution in [2.24, 2.45) is 5.92 Å². The zero-order chi connectivity index (χ0) is 14.5. The van der Waals surface area contributed by atoms with Gasteiger partial charge in [-0.25, -0.2) is 0 Å². The van der Waals surface area contributed by atoms with E-state index in [1.165, 1.54) is 0 Å². The van der Waals surface area contributed by atoms with Gasteiger partial charge in [0.05, 0.1) is 0 Å². The predicted molar refractivity (Wildman–Crippen MR) is 82.0 cm³/mol. The van der Waals surface area contributed by atoms with Crippen molar-refractivity contribution in [1.29, 1.82) is 0 Å². The highest BCUT2D eigenvalue weighted by Gasteiger charge is 2.57. The molecule has 1 fully saturated rings. The lowest BCUT2D eigenvalue weighted by atomic mass is 9.84. The van der Waals surface area contributed by atoms with Crippen LogP contribution < -0.4 is 0 Å². The van der Waals surface area contributed by atoms with E-state index in [9.17, 15) is 13.2 Å². The largest absolute Gasteiger partial charge is 0.442 e. The van der Waals surface area contributed by atoms with Gasteiger partial charge in [0, 0.05) is 4.90 Å². The normalized spacial score (nSPS) is 29.4.